The lowest BCUT2D eigenvalue weighted by atomic mass is 10.2. The fraction of sp³-hybridized carbons (Fsp3) is 0.222. The number of halogens is 1. The van der Waals surface area contributed by atoms with Gasteiger partial charge in [-0.3, -0.25) is 9.59 Å². The number of benzene rings is 2. The first kappa shape index (κ1) is 17.0. The van der Waals surface area contributed by atoms with Crippen molar-refractivity contribution in [2.45, 2.75) is 26.3 Å². The van der Waals surface area contributed by atoms with Crippen molar-refractivity contribution >= 4 is 29.1 Å². The molecule has 0 bridgehead atoms. The fourth-order valence-electron chi connectivity index (χ4n) is 2.07. The Morgan fingerprint density at radius 3 is 2.39 bits per heavy atom. The first-order valence-corrected chi connectivity index (χ1v) is 7.79. The molecule has 2 aromatic carbocycles. The second kappa shape index (κ2) is 8.34. The van der Waals surface area contributed by atoms with Crippen molar-refractivity contribution in [3.05, 3.63) is 64.7 Å². The molecular formula is C18H19ClN2O2. The van der Waals surface area contributed by atoms with E-state index in [2.05, 4.69) is 10.6 Å². The molecule has 0 saturated carbocycles. The van der Waals surface area contributed by atoms with E-state index < -0.39 is 0 Å². The van der Waals surface area contributed by atoms with Gasteiger partial charge in [0.2, 0.25) is 11.8 Å². The van der Waals surface area contributed by atoms with Crippen molar-refractivity contribution in [1.29, 1.82) is 0 Å². The maximum atomic E-state index is 11.9. The second-order valence-corrected chi connectivity index (χ2v) is 5.63. The number of carbonyl (C=O) groups excluding carboxylic acids is 2. The molecule has 0 saturated heterocycles. The Morgan fingerprint density at radius 2 is 1.65 bits per heavy atom. The molecule has 0 heterocycles. The summed E-state index contributed by atoms with van der Waals surface area (Å²) in [6.07, 6.45) is 0.283. The molecule has 0 unspecified atom stereocenters. The number of hydrogen-bond acceptors (Lipinski definition) is 2. The van der Waals surface area contributed by atoms with Gasteiger partial charge in [-0.05, 0) is 30.2 Å². The summed E-state index contributed by atoms with van der Waals surface area (Å²) in [5.74, 6) is -0.350. The van der Waals surface area contributed by atoms with Crippen LogP contribution in [0.15, 0.2) is 48.5 Å². The molecular weight excluding hydrogens is 312 g/mol. The topological polar surface area (TPSA) is 58.2 Å². The van der Waals surface area contributed by atoms with Gasteiger partial charge in [-0.2, -0.15) is 0 Å². The van der Waals surface area contributed by atoms with Crippen LogP contribution in [0.25, 0.3) is 0 Å². The van der Waals surface area contributed by atoms with Gasteiger partial charge in [-0.1, -0.05) is 48.0 Å². The zero-order chi connectivity index (χ0) is 16.7. The van der Waals surface area contributed by atoms with E-state index in [0.29, 0.717) is 17.3 Å². The maximum absolute atomic E-state index is 11.9. The van der Waals surface area contributed by atoms with Crippen LogP contribution in [0.3, 0.4) is 0 Å². The summed E-state index contributed by atoms with van der Waals surface area (Å²) in [5, 5.41) is 6.18. The minimum Gasteiger partial charge on any atom is -0.352 e. The van der Waals surface area contributed by atoms with Gasteiger partial charge in [0.25, 0.3) is 0 Å². The lowest BCUT2D eigenvalue weighted by molar-refractivity contribution is -0.124. The van der Waals surface area contributed by atoms with Crippen molar-refractivity contribution in [2.24, 2.45) is 0 Å². The van der Waals surface area contributed by atoms with Gasteiger partial charge in [0.1, 0.15) is 0 Å². The number of hydrogen-bond donors (Lipinski definition) is 2. The Bertz CT molecular complexity index is 687. The minimum atomic E-state index is -0.203. The number of rotatable bonds is 6. The average Bonchev–Trinajstić information content (AvgIpc) is 2.56. The van der Waals surface area contributed by atoms with Crippen LogP contribution in [-0.2, 0) is 16.1 Å². The number of carbonyl (C=O) groups is 2. The van der Waals surface area contributed by atoms with Gasteiger partial charge in [0.15, 0.2) is 0 Å². The second-order valence-electron chi connectivity index (χ2n) is 5.22. The molecule has 4 nitrogen and oxygen atoms in total. The van der Waals surface area contributed by atoms with E-state index in [4.69, 9.17) is 11.6 Å². The molecule has 2 aromatic rings. The maximum Gasteiger partial charge on any atom is 0.224 e. The van der Waals surface area contributed by atoms with E-state index in [1.807, 2.05) is 37.3 Å². The predicted molar refractivity (Wildman–Crippen MR) is 92.3 cm³/mol. The summed E-state index contributed by atoms with van der Waals surface area (Å²) in [6.45, 7) is 2.30. The molecule has 0 atom stereocenters. The van der Waals surface area contributed by atoms with E-state index in [9.17, 15) is 9.59 Å². The van der Waals surface area contributed by atoms with Crippen LogP contribution >= 0.6 is 11.6 Å². The molecule has 0 aliphatic carbocycles. The molecule has 0 radical (unpaired) electrons. The zero-order valence-corrected chi connectivity index (χ0v) is 13.7. The van der Waals surface area contributed by atoms with Crippen LogP contribution in [0, 0.1) is 6.92 Å². The molecule has 0 aromatic heterocycles. The first-order valence-electron chi connectivity index (χ1n) is 7.42. The Hall–Kier alpha value is -2.33. The molecule has 120 valence electrons. The molecule has 2 rings (SSSR count). The van der Waals surface area contributed by atoms with Crippen LogP contribution in [-0.4, -0.2) is 11.8 Å². The highest BCUT2D eigenvalue weighted by Crippen LogP contribution is 2.23. The molecule has 5 heteroatoms. The van der Waals surface area contributed by atoms with Crippen LogP contribution in [0.4, 0.5) is 5.69 Å². The molecule has 0 aliphatic heterocycles. The minimum absolute atomic E-state index is 0.132. The van der Waals surface area contributed by atoms with Gasteiger partial charge >= 0.3 is 0 Å². The van der Waals surface area contributed by atoms with E-state index in [1.165, 1.54) is 0 Å². The third-order valence-corrected chi connectivity index (χ3v) is 3.86. The smallest absolute Gasteiger partial charge is 0.224 e. The highest BCUT2D eigenvalue weighted by atomic mass is 35.5. The molecule has 0 fully saturated rings. The Balaban J connectivity index is 1.75. The van der Waals surface area contributed by atoms with E-state index in [0.717, 1.165) is 11.1 Å². The lowest BCUT2D eigenvalue weighted by Gasteiger charge is -2.09. The summed E-state index contributed by atoms with van der Waals surface area (Å²) in [4.78, 5) is 23.7. The fourth-order valence-corrected chi connectivity index (χ4v) is 2.24. The quantitative estimate of drug-likeness (QED) is 0.848. The normalized spacial score (nSPS) is 10.2. The van der Waals surface area contributed by atoms with Gasteiger partial charge in [0.05, 0.1) is 0 Å². The van der Waals surface area contributed by atoms with Gasteiger partial charge < -0.3 is 10.6 Å². The third-order valence-electron chi connectivity index (χ3n) is 3.45. The van der Waals surface area contributed by atoms with E-state index in [-0.39, 0.29) is 24.7 Å². The van der Waals surface area contributed by atoms with Crippen LogP contribution < -0.4 is 10.6 Å². The lowest BCUT2D eigenvalue weighted by Crippen LogP contribution is -2.24. The summed E-state index contributed by atoms with van der Waals surface area (Å²) in [7, 11) is 0. The summed E-state index contributed by atoms with van der Waals surface area (Å²) >= 11 is 6.01. The van der Waals surface area contributed by atoms with Gasteiger partial charge in [-0.15, -0.1) is 0 Å². The van der Waals surface area contributed by atoms with Crippen molar-refractivity contribution < 1.29 is 9.59 Å². The Kier molecular flexibility index (Phi) is 6.18. The summed E-state index contributed by atoms with van der Waals surface area (Å²) < 4.78 is 0. The standard InChI is InChI=1S/C18H19ClN2O2/c1-13-15(19)8-5-9-16(13)21-18(23)11-10-17(22)20-12-14-6-3-2-4-7-14/h2-9H,10-12H2,1H3,(H,20,22)(H,21,23). The monoisotopic (exact) mass is 330 g/mol. The SMILES string of the molecule is Cc1c(Cl)cccc1NC(=O)CCC(=O)NCc1ccccc1. The third kappa shape index (κ3) is 5.42. The van der Waals surface area contributed by atoms with Gasteiger partial charge in [0, 0.05) is 30.1 Å². The predicted octanol–water partition coefficient (Wildman–Crippen LogP) is 3.68. The summed E-state index contributed by atoms with van der Waals surface area (Å²) in [6, 6.07) is 15.0. The Morgan fingerprint density at radius 1 is 0.957 bits per heavy atom. The summed E-state index contributed by atoms with van der Waals surface area (Å²) in [5.41, 5.74) is 2.52. The number of amides is 2. The zero-order valence-electron chi connectivity index (χ0n) is 12.9. The average molecular weight is 331 g/mol. The Labute approximate surface area is 140 Å². The molecule has 2 amide bonds. The van der Waals surface area contributed by atoms with Crippen LogP contribution in [0.5, 0.6) is 0 Å². The van der Waals surface area contributed by atoms with E-state index in [1.54, 1.807) is 18.2 Å². The van der Waals surface area contributed by atoms with Crippen molar-refractivity contribution in [2.75, 3.05) is 5.32 Å². The van der Waals surface area contributed by atoms with Crippen molar-refractivity contribution in [3.63, 3.8) is 0 Å². The molecule has 23 heavy (non-hydrogen) atoms. The number of anilines is 1. The largest absolute Gasteiger partial charge is 0.352 e. The van der Waals surface area contributed by atoms with Crippen molar-refractivity contribution in [3.8, 4) is 0 Å². The highest BCUT2D eigenvalue weighted by molar-refractivity contribution is 6.31. The van der Waals surface area contributed by atoms with Crippen molar-refractivity contribution in [1.82, 2.24) is 5.32 Å². The number of nitrogens with one attached hydrogen (secondary N) is 2. The van der Waals surface area contributed by atoms with Gasteiger partial charge in [-0.25, -0.2) is 0 Å². The molecule has 0 spiro atoms. The molecule has 2 N–H and O–H groups in total. The van der Waals surface area contributed by atoms with Crippen LogP contribution in [0.1, 0.15) is 24.0 Å². The first-order chi connectivity index (χ1) is 11.1. The van der Waals surface area contributed by atoms with Crippen LogP contribution in [0.2, 0.25) is 5.02 Å². The van der Waals surface area contributed by atoms with E-state index >= 15 is 0 Å². The highest BCUT2D eigenvalue weighted by Gasteiger charge is 2.09. The molecule has 0 aliphatic rings.